The molecule has 12 nitrogen and oxygen atoms in total. The van der Waals surface area contributed by atoms with E-state index in [1.165, 1.54) is 42.9 Å². The SMILES string of the molecule is CCCCCCCCCC(=O)NCCCCCCO[C@@H]1[C@H](OP(N)O)[C@@H](CO)O[C@H]1n1cc(C)c(=O)[nH]c1=O. The molecular formula is C26H47N4O8P. The number of H-pyrrole nitrogens is 1. The standard InChI is InChI=1S/C26H47N4O8P/c1-3-4-5-6-7-8-11-14-21(32)28-15-12-9-10-13-16-36-23-22(38-39(27)35)20(18-31)37-25(23)30-17-19(2)24(33)29-26(30)34/h17,20,22-23,25,31,35H,3-16,18,27H2,1-2H3,(H,28,32)(H,29,33,34)/t20-,22-,23-,25-,39?/m1/s1. The number of nitrogens with one attached hydrogen (secondary N) is 2. The summed E-state index contributed by atoms with van der Waals surface area (Å²) in [5.74, 6) is 0.111. The Balaban J connectivity index is 1.74. The molecule has 1 amide bonds. The molecule has 6 N–H and O–H groups in total. The highest BCUT2D eigenvalue weighted by Gasteiger charge is 2.48. The Hall–Kier alpha value is -1.66. The number of carbonyl (C=O) groups is 1. The van der Waals surface area contributed by atoms with Crippen LogP contribution in [0, 0.1) is 6.92 Å². The summed E-state index contributed by atoms with van der Waals surface area (Å²) in [5.41, 5.74) is 4.58. The number of aliphatic hydroxyl groups is 1. The van der Waals surface area contributed by atoms with Gasteiger partial charge in [0.1, 0.15) is 18.3 Å². The topological polar surface area (TPSA) is 178 Å². The number of aromatic amines is 1. The Kier molecular flexibility index (Phi) is 16.0. The van der Waals surface area contributed by atoms with Crippen molar-refractivity contribution in [2.24, 2.45) is 5.50 Å². The molecule has 1 fully saturated rings. The number of nitrogens with zero attached hydrogens (tertiary/aromatic N) is 1. The number of unbranched alkanes of at least 4 members (excludes halogenated alkanes) is 9. The van der Waals surface area contributed by atoms with Gasteiger partial charge in [0.05, 0.1) is 6.61 Å². The molecule has 224 valence electrons. The van der Waals surface area contributed by atoms with E-state index in [2.05, 4.69) is 17.2 Å². The van der Waals surface area contributed by atoms with Crippen molar-refractivity contribution in [3.8, 4) is 0 Å². The van der Waals surface area contributed by atoms with Crippen molar-refractivity contribution in [2.75, 3.05) is 19.8 Å². The van der Waals surface area contributed by atoms with Gasteiger partial charge in [-0.1, -0.05) is 58.3 Å². The Bertz CT molecular complexity index is 957. The molecule has 1 saturated heterocycles. The van der Waals surface area contributed by atoms with E-state index in [0.717, 1.165) is 32.1 Å². The number of amides is 1. The fourth-order valence-electron chi connectivity index (χ4n) is 4.64. The first kappa shape index (κ1) is 33.5. The first-order chi connectivity index (χ1) is 18.8. The number of hydrogen-bond donors (Lipinski definition) is 5. The quantitative estimate of drug-likeness (QED) is 0.116. The normalized spacial score (nSPS) is 21.8. The molecular weight excluding hydrogens is 527 g/mol. The highest BCUT2D eigenvalue weighted by Crippen LogP contribution is 2.38. The van der Waals surface area contributed by atoms with Gasteiger partial charge >= 0.3 is 5.69 Å². The summed E-state index contributed by atoms with van der Waals surface area (Å²) in [6, 6.07) is 0. The fraction of sp³-hybridized carbons (Fsp3) is 0.808. The van der Waals surface area contributed by atoms with Crippen molar-refractivity contribution >= 4 is 14.4 Å². The van der Waals surface area contributed by atoms with E-state index in [4.69, 9.17) is 19.5 Å². The van der Waals surface area contributed by atoms with Crippen molar-refractivity contribution in [3.05, 3.63) is 32.6 Å². The molecule has 2 heterocycles. The molecule has 1 aliphatic rings. The number of carbonyl (C=O) groups excluding carboxylic acids is 1. The lowest BCUT2D eigenvalue weighted by molar-refractivity contribution is -0.121. The molecule has 1 unspecified atom stereocenters. The van der Waals surface area contributed by atoms with Crippen molar-refractivity contribution in [3.63, 3.8) is 0 Å². The van der Waals surface area contributed by atoms with Crippen LogP contribution in [0.15, 0.2) is 15.8 Å². The number of hydrogen-bond acceptors (Lipinski definition) is 9. The van der Waals surface area contributed by atoms with E-state index in [1.807, 2.05) is 0 Å². The van der Waals surface area contributed by atoms with E-state index < -0.39 is 50.9 Å². The van der Waals surface area contributed by atoms with Gasteiger partial charge in [-0.25, -0.2) is 4.79 Å². The molecule has 2 rings (SSSR count). The van der Waals surface area contributed by atoms with Crippen LogP contribution in [-0.4, -0.2) is 63.5 Å². The molecule has 0 aliphatic carbocycles. The summed E-state index contributed by atoms with van der Waals surface area (Å²) in [6.45, 7) is 4.29. The number of aliphatic hydroxyl groups excluding tert-OH is 1. The Labute approximate surface area is 231 Å². The zero-order chi connectivity index (χ0) is 28.6. The molecule has 1 aromatic rings. The minimum atomic E-state index is -2.27. The van der Waals surface area contributed by atoms with Crippen LogP contribution in [0.1, 0.15) is 95.8 Å². The van der Waals surface area contributed by atoms with Crippen LogP contribution in [0.5, 0.6) is 0 Å². The number of aryl methyl sites for hydroxylation is 1. The number of nitrogens with two attached hydrogens (primary N) is 1. The van der Waals surface area contributed by atoms with E-state index >= 15 is 0 Å². The first-order valence-corrected chi connectivity index (χ1v) is 15.4. The van der Waals surface area contributed by atoms with Crippen LogP contribution in [0.3, 0.4) is 0 Å². The molecule has 0 bridgehead atoms. The molecule has 39 heavy (non-hydrogen) atoms. The smallest absolute Gasteiger partial charge is 0.330 e. The van der Waals surface area contributed by atoms with Gasteiger partial charge in [-0.2, -0.15) is 0 Å². The van der Waals surface area contributed by atoms with Gasteiger partial charge < -0.3 is 29.3 Å². The van der Waals surface area contributed by atoms with Crippen LogP contribution >= 0.6 is 8.53 Å². The highest BCUT2D eigenvalue weighted by atomic mass is 31.2. The van der Waals surface area contributed by atoms with Gasteiger partial charge in [0.2, 0.25) is 5.91 Å². The summed E-state index contributed by atoms with van der Waals surface area (Å²) in [5, 5.41) is 12.8. The first-order valence-electron chi connectivity index (χ1n) is 14.2. The van der Waals surface area contributed by atoms with Crippen LogP contribution in [0.4, 0.5) is 0 Å². The maximum atomic E-state index is 12.5. The Morgan fingerprint density at radius 3 is 2.46 bits per heavy atom. The van der Waals surface area contributed by atoms with E-state index in [1.54, 1.807) is 6.92 Å². The Morgan fingerprint density at radius 2 is 1.77 bits per heavy atom. The zero-order valence-corrected chi connectivity index (χ0v) is 24.2. The predicted molar refractivity (Wildman–Crippen MR) is 149 cm³/mol. The van der Waals surface area contributed by atoms with Crippen molar-refractivity contribution in [1.29, 1.82) is 0 Å². The van der Waals surface area contributed by atoms with Crippen molar-refractivity contribution in [2.45, 2.75) is 115 Å². The minimum absolute atomic E-state index is 0.111. The number of rotatable bonds is 20. The highest BCUT2D eigenvalue weighted by molar-refractivity contribution is 7.43. The lowest BCUT2D eigenvalue weighted by Gasteiger charge is -2.25. The minimum Gasteiger partial charge on any atom is -0.394 e. The second-order valence-electron chi connectivity index (χ2n) is 10.1. The van der Waals surface area contributed by atoms with Crippen LogP contribution < -0.4 is 22.1 Å². The lowest BCUT2D eigenvalue weighted by Crippen LogP contribution is -2.41. The maximum absolute atomic E-state index is 12.5. The van der Waals surface area contributed by atoms with Crippen LogP contribution in [-0.2, 0) is 18.8 Å². The molecule has 0 spiro atoms. The average molecular weight is 575 g/mol. The predicted octanol–water partition coefficient (Wildman–Crippen LogP) is 2.50. The number of ether oxygens (including phenoxy) is 2. The van der Waals surface area contributed by atoms with E-state index in [-0.39, 0.29) is 5.91 Å². The molecule has 1 aliphatic heterocycles. The average Bonchev–Trinajstić information content (AvgIpc) is 3.23. The maximum Gasteiger partial charge on any atom is 0.330 e. The molecule has 13 heteroatoms. The molecule has 1 aromatic heterocycles. The second-order valence-corrected chi connectivity index (χ2v) is 10.9. The zero-order valence-electron chi connectivity index (χ0n) is 23.3. The molecule has 0 aromatic carbocycles. The summed E-state index contributed by atoms with van der Waals surface area (Å²) in [4.78, 5) is 48.1. The van der Waals surface area contributed by atoms with Crippen LogP contribution in [0.25, 0.3) is 0 Å². The van der Waals surface area contributed by atoms with Gasteiger partial charge in [0, 0.05) is 31.3 Å². The largest absolute Gasteiger partial charge is 0.394 e. The van der Waals surface area contributed by atoms with Gasteiger partial charge in [-0.3, -0.25) is 24.6 Å². The van der Waals surface area contributed by atoms with Crippen molar-refractivity contribution < 1.29 is 28.8 Å². The summed E-state index contributed by atoms with van der Waals surface area (Å²) < 4.78 is 18.5. The van der Waals surface area contributed by atoms with Gasteiger partial charge in [0.15, 0.2) is 6.23 Å². The Morgan fingerprint density at radius 1 is 1.10 bits per heavy atom. The third-order valence-corrected chi connectivity index (χ3v) is 7.29. The second kappa shape index (κ2) is 18.6. The molecule has 0 radical (unpaired) electrons. The van der Waals surface area contributed by atoms with E-state index in [9.17, 15) is 24.4 Å². The van der Waals surface area contributed by atoms with Gasteiger partial charge in [0.25, 0.3) is 14.1 Å². The number of aromatic nitrogens is 2. The summed E-state index contributed by atoms with van der Waals surface area (Å²) in [6.07, 6.45) is 9.99. The molecule has 5 atom stereocenters. The molecule has 0 saturated carbocycles. The van der Waals surface area contributed by atoms with Crippen LogP contribution in [0.2, 0.25) is 0 Å². The third-order valence-electron chi connectivity index (χ3n) is 6.83. The monoisotopic (exact) mass is 574 g/mol. The van der Waals surface area contributed by atoms with Crippen molar-refractivity contribution in [1.82, 2.24) is 14.9 Å². The fourth-order valence-corrected chi connectivity index (χ4v) is 5.15. The third kappa shape index (κ3) is 11.8. The summed E-state index contributed by atoms with van der Waals surface area (Å²) in [7, 11) is -2.27. The van der Waals surface area contributed by atoms with Gasteiger partial charge in [-0.15, -0.1) is 0 Å². The van der Waals surface area contributed by atoms with E-state index in [0.29, 0.717) is 31.6 Å². The summed E-state index contributed by atoms with van der Waals surface area (Å²) >= 11 is 0. The lowest BCUT2D eigenvalue weighted by atomic mass is 10.1. The van der Waals surface area contributed by atoms with Gasteiger partial charge in [-0.05, 0) is 26.2 Å².